The normalized spacial score (nSPS) is 22.0. The van der Waals surface area contributed by atoms with Crippen LogP contribution in [-0.4, -0.2) is 24.6 Å². The summed E-state index contributed by atoms with van der Waals surface area (Å²) in [6.07, 6.45) is 9.27. The van der Waals surface area contributed by atoms with Crippen LogP contribution in [0.5, 0.6) is 0 Å². The first-order valence-corrected chi connectivity index (χ1v) is 9.01. The molecule has 3 atom stereocenters. The number of unbranched alkanes of at least 4 members (excludes halogenated alkanes) is 1. The molecule has 132 valence electrons. The molecule has 0 saturated carbocycles. The molecule has 1 rings (SSSR count). The van der Waals surface area contributed by atoms with Crippen LogP contribution in [0.25, 0.3) is 0 Å². The molecule has 3 unspecified atom stereocenters. The third-order valence-electron chi connectivity index (χ3n) is 4.39. The van der Waals surface area contributed by atoms with Gasteiger partial charge in [-0.05, 0) is 39.0 Å². The Bertz CT molecular complexity index is 400. The van der Waals surface area contributed by atoms with Gasteiger partial charge in [0, 0.05) is 0 Å². The van der Waals surface area contributed by atoms with Crippen molar-refractivity contribution in [1.82, 2.24) is 0 Å². The summed E-state index contributed by atoms with van der Waals surface area (Å²) in [5.41, 5.74) is 0. The number of hydrogen-bond donors (Lipinski definition) is 0. The van der Waals surface area contributed by atoms with Crippen molar-refractivity contribution in [2.75, 3.05) is 6.61 Å². The second kappa shape index (κ2) is 10.5. The van der Waals surface area contributed by atoms with Gasteiger partial charge in [-0.2, -0.15) is 0 Å². The summed E-state index contributed by atoms with van der Waals surface area (Å²) in [5, 5.41) is 0. The fourth-order valence-corrected chi connectivity index (χ4v) is 2.86. The minimum Gasteiger partial charge on any atom is -0.465 e. The predicted molar refractivity (Wildman–Crippen MR) is 90.8 cm³/mol. The summed E-state index contributed by atoms with van der Waals surface area (Å²) < 4.78 is 10.8. The van der Waals surface area contributed by atoms with E-state index in [2.05, 4.69) is 13.8 Å². The minimum absolute atomic E-state index is 0.163. The van der Waals surface area contributed by atoms with E-state index in [1.807, 2.05) is 26.0 Å². The minimum atomic E-state index is -0.411. The Morgan fingerprint density at radius 2 is 1.70 bits per heavy atom. The van der Waals surface area contributed by atoms with Crippen molar-refractivity contribution in [1.29, 1.82) is 0 Å². The van der Waals surface area contributed by atoms with E-state index in [1.165, 1.54) is 0 Å². The molecule has 0 bridgehead atoms. The topological polar surface area (TPSA) is 52.6 Å². The first-order chi connectivity index (χ1) is 11.0. The molecule has 0 saturated heterocycles. The third kappa shape index (κ3) is 6.76. The number of rotatable bonds is 9. The molecule has 0 N–H and O–H groups in total. The van der Waals surface area contributed by atoms with E-state index >= 15 is 0 Å². The molecule has 23 heavy (non-hydrogen) atoms. The van der Waals surface area contributed by atoms with E-state index in [9.17, 15) is 9.59 Å². The van der Waals surface area contributed by atoms with Gasteiger partial charge in [-0.15, -0.1) is 0 Å². The standard InChI is InChI=1S/C19H32O4/c1-5-7-10-15(6-2)13-22-18(20)16-11-8-9-12-17(16)19(21)23-14(3)4/h8-9,14-17H,5-7,10-13H2,1-4H3. The largest absolute Gasteiger partial charge is 0.465 e. The van der Waals surface area contributed by atoms with Crippen molar-refractivity contribution in [2.24, 2.45) is 17.8 Å². The highest BCUT2D eigenvalue weighted by atomic mass is 16.5. The highest BCUT2D eigenvalue weighted by Gasteiger charge is 2.36. The molecule has 0 amide bonds. The zero-order chi connectivity index (χ0) is 17.2. The van der Waals surface area contributed by atoms with Crippen LogP contribution in [-0.2, 0) is 19.1 Å². The first-order valence-electron chi connectivity index (χ1n) is 9.01. The summed E-state index contributed by atoms with van der Waals surface area (Å²) in [6, 6.07) is 0. The van der Waals surface area contributed by atoms with Crippen molar-refractivity contribution < 1.29 is 19.1 Å². The van der Waals surface area contributed by atoms with Gasteiger partial charge in [-0.25, -0.2) is 0 Å². The van der Waals surface area contributed by atoms with Crippen LogP contribution in [0.2, 0.25) is 0 Å². The molecular weight excluding hydrogens is 292 g/mol. The number of carbonyl (C=O) groups is 2. The van der Waals surface area contributed by atoms with Crippen LogP contribution in [0, 0.1) is 17.8 Å². The second-order valence-electron chi connectivity index (χ2n) is 6.69. The van der Waals surface area contributed by atoms with E-state index in [-0.39, 0.29) is 18.0 Å². The Hall–Kier alpha value is -1.32. The molecule has 0 fully saturated rings. The molecule has 0 spiro atoms. The molecular formula is C19H32O4. The molecule has 0 aromatic carbocycles. The number of ether oxygens (including phenoxy) is 2. The lowest BCUT2D eigenvalue weighted by atomic mass is 9.83. The Morgan fingerprint density at radius 3 is 2.22 bits per heavy atom. The first kappa shape index (κ1) is 19.7. The van der Waals surface area contributed by atoms with E-state index in [0.717, 1.165) is 25.7 Å². The highest BCUT2D eigenvalue weighted by molar-refractivity contribution is 5.82. The quantitative estimate of drug-likeness (QED) is 0.469. The highest BCUT2D eigenvalue weighted by Crippen LogP contribution is 2.29. The summed E-state index contributed by atoms with van der Waals surface area (Å²) >= 11 is 0. The fraction of sp³-hybridized carbons (Fsp3) is 0.789. The van der Waals surface area contributed by atoms with Crippen molar-refractivity contribution in [2.45, 2.75) is 72.3 Å². The van der Waals surface area contributed by atoms with Gasteiger partial charge in [-0.3, -0.25) is 9.59 Å². The van der Waals surface area contributed by atoms with E-state index in [4.69, 9.17) is 9.47 Å². The van der Waals surface area contributed by atoms with E-state index < -0.39 is 11.8 Å². The van der Waals surface area contributed by atoms with Crippen LogP contribution < -0.4 is 0 Å². The molecule has 0 heterocycles. The van der Waals surface area contributed by atoms with Gasteiger partial charge in [0.2, 0.25) is 0 Å². The van der Waals surface area contributed by atoms with Gasteiger partial charge in [-0.1, -0.05) is 45.3 Å². The average molecular weight is 324 g/mol. The van der Waals surface area contributed by atoms with Crippen molar-refractivity contribution in [3.05, 3.63) is 12.2 Å². The molecule has 1 aliphatic rings. The van der Waals surface area contributed by atoms with Crippen LogP contribution in [0.1, 0.15) is 66.2 Å². The summed E-state index contributed by atoms with van der Waals surface area (Å²) in [6.45, 7) is 8.40. The van der Waals surface area contributed by atoms with Crippen LogP contribution in [0.15, 0.2) is 12.2 Å². The lowest BCUT2D eigenvalue weighted by Crippen LogP contribution is -2.35. The molecule has 4 heteroatoms. The Balaban J connectivity index is 2.57. The van der Waals surface area contributed by atoms with Crippen LogP contribution >= 0.6 is 0 Å². The maximum atomic E-state index is 12.4. The average Bonchev–Trinajstić information content (AvgIpc) is 2.54. The molecule has 0 aliphatic heterocycles. The SMILES string of the molecule is CCCCC(CC)COC(=O)C1CC=CCC1C(=O)OC(C)C. The summed E-state index contributed by atoms with van der Waals surface area (Å²) in [5.74, 6) is -0.945. The van der Waals surface area contributed by atoms with Gasteiger partial charge < -0.3 is 9.47 Å². The number of carbonyl (C=O) groups excluding carboxylic acids is 2. The van der Waals surface area contributed by atoms with Gasteiger partial charge in [0.05, 0.1) is 24.5 Å². The van der Waals surface area contributed by atoms with Gasteiger partial charge in [0.1, 0.15) is 0 Å². The van der Waals surface area contributed by atoms with Crippen LogP contribution in [0.4, 0.5) is 0 Å². The van der Waals surface area contributed by atoms with Crippen molar-refractivity contribution >= 4 is 11.9 Å². The Kier molecular flexibility index (Phi) is 8.97. The maximum Gasteiger partial charge on any atom is 0.310 e. The lowest BCUT2D eigenvalue weighted by molar-refractivity contribution is -0.164. The van der Waals surface area contributed by atoms with Crippen LogP contribution in [0.3, 0.4) is 0 Å². The zero-order valence-corrected chi connectivity index (χ0v) is 15.0. The molecule has 0 aromatic rings. The number of esters is 2. The fourth-order valence-electron chi connectivity index (χ4n) is 2.86. The monoisotopic (exact) mass is 324 g/mol. The molecule has 0 aromatic heterocycles. The summed E-state index contributed by atoms with van der Waals surface area (Å²) in [7, 11) is 0. The van der Waals surface area contributed by atoms with Gasteiger partial charge in [0.15, 0.2) is 0 Å². The second-order valence-corrected chi connectivity index (χ2v) is 6.69. The predicted octanol–water partition coefficient (Wildman–Crippen LogP) is 4.28. The van der Waals surface area contributed by atoms with Gasteiger partial charge >= 0.3 is 11.9 Å². The number of hydrogen-bond acceptors (Lipinski definition) is 4. The Labute approximate surface area is 140 Å². The van der Waals surface area contributed by atoms with Crippen molar-refractivity contribution in [3.63, 3.8) is 0 Å². The molecule has 1 aliphatic carbocycles. The lowest BCUT2D eigenvalue weighted by Gasteiger charge is -2.26. The molecule has 4 nitrogen and oxygen atoms in total. The smallest absolute Gasteiger partial charge is 0.310 e. The summed E-state index contributed by atoms with van der Waals surface area (Å²) in [4.78, 5) is 24.6. The van der Waals surface area contributed by atoms with Gasteiger partial charge in [0.25, 0.3) is 0 Å². The maximum absolute atomic E-state index is 12.4. The zero-order valence-electron chi connectivity index (χ0n) is 15.0. The number of allylic oxidation sites excluding steroid dienone is 2. The third-order valence-corrected chi connectivity index (χ3v) is 4.39. The Morgan fingerprint density at radius 1 is 1.09 bits per heavy atom. The van der Waals surface area contributed by atoms with E-state index in [1.54, 1.807) is 0 Å². The van der Waals surface area contributed by atoms with Crippen molar-refractivity contribution in [3.8, 4) is 0 Å². The van der Waals surface area contributed by atoms with E-state index in [0.29, 0.717) is 25.4 Å². The molecule has 0 radical (unpaired) electrons.